The van der Waals surface area contributed by atoms with Gasteiger partial charge in [-0.1, -0.05) is 25.1 Å². The van der Waals surface area contributed by atoms with Gasteiger partial charge in [0.15, 0.2) is 24.7 Å². The average Bonchev–Trinajstić information content (AvgIpc) is 2.70. The summed E-state index contributed by atoms with van der Waals surface area (Å²) in [6.45, 7) is 3.70. The Kier molecular flexibility index (Phi) is 8.14. The molecule has 0 saturated carbocycles. The van der Waals surface area contributed by atoms with E-state index in [1.165, 1.54) is 7.11 Å². The molecule has 2 aromatic rings. The second-order valence-electron chi connectivity index (χ2n) is 6.00. The Bertz CT molecular complexity index is 805. The monoisotopic (exact) mass is 387 g/mol. The van der Waals surface area contributed by atoms with Crippen molar-refractivity contribution in [2.24, 2.45) is 0 Å². The van der Waals surface area contributed by atoms with Gasteiger partial charge in [-0.05, 0) is 43.2 Å². The third-order valence-electron chi connectivity index (χ3n) is 3.65. The van der Waals surface area contributed by atoms with Crippen molar-refractivity contribution in [3.63, 3.8) is 0 Å². The lowest BCUT2D eigenvalue weighted by molar-refractivity contribution is -0.149. The van der Waals surface area contributed by atoms with Crippen LogP contribution < -0.4 is 19.5 Å². The number of benzene rings is 2. The highest BCUT2D eigenvalue weighted by molar-refractivity contribution is 5.94. The maximum atomic E-state index is 12.0. The molecule has 2 rings (SSSR count). The molecule has 0 atom stereocenters. The minimum absolute atomic E-state index is 0.326. The van der Waals surface area contributed by atoms with E-state index in [-0.39, 0.29) is 6.61 Å². The Morgan fingerprint density at radius 2 is 1.68 bits per heavy atom. The normalized spacial score (nSPS) is 10.1. The number of methoxy groups -OCH3 is 1. The van der Waals surface area contributed by atoms with Crippen LogP contribution in [0.5, 0.6) is 17.2 Å². The van der Waals surface area contributed by atoms with E-state index >= 15 is 0 Å². The number of carbonyl (C=O) groups excluding carboxylic acids is 2. The Labute approximate surface area is 164 Å². The molecule has 0 heterocycles. The fraction of sp³-hybridized carbons (Fsp3) is 0.333. The van der Waals surface area contributed by atoms with Gasteiger partial charge in [-0.25, -0.2) is 4.79 Å². The van der Waals surface area contributed by atoms with Gasteiger partial charge < -0.3 is 24.3 Å². The molecule has 0 aliphatic heterocycles. The number of nitrogens with one attached hydrogen (secondary N) is 1. The summed E-state index contributed by atoms with van der Waals surface area (Å²) < 4.78 is 21.2. The van der Waals surface area contributed by atoms with Gasteiger partial charge in [0.2, 0.25) is 0 Å². The number of anilines is 1. The highest BCUT2D eigenvalue weighted by Crippen LogP contribution is 2.27. The van der Waals surface area contributed by atoms with Crippen molar-refractivity contribution in [1.29, 1.82) is 0 Å². The quantitative estimate of drug-likeness (QED) is 0.630. The van der Waals surface area contributed by atoms with Crippen molar-refractivity contribution < 1.29 is 28.5 Å². The van der Waals surface area contributed by atoms with Gasteiger partial charge in [0.05, 0.1) is 19.4 Å². The molecular formula is C21H25NO6. The molecule has 7 nitrogen and oxygen atoms in total. The zero-order chi connectivity index (χ0) is 20.4. The summed E-state index contributed by atoms with van der Waals surface area (Å²) in [5.41, 5.74) is 1.48. The number of hydrogen-bond donors (Lipinski definition) is 1. The van der Waals surface area contributed by atoms with Crippen LogP contribution in [-0.2, 0) is 14.3 Å². The van der Waals surface area contributed by atoms with E-state index in [2.05, 4.69) is 5.32 Å². The summed E-state index contributed by atoms with van der Waals surface area (Å²) >= 11 is 0. The van der Waals surface area contributed by atoms with Crippen LogP contribution >= 0.6 is 0 Å². The molecule has 1 amide bonds. The van der Waals surface area contributed by atoms with E-state index in [1.54, 1.807) is 30.3 Å². The van der Waals surface area contributed by atoms with E-state index in [9.17, 15) is 9.59 Å². The second kappa shape index (κ2) is 10.8. The molecule has 0 saturated heterocycles. The first-order valence-electron chi connectivity index (χ1n) is 8.98. The fourth-order valence-electron chi connectivity index (χ4n) is 2.33. The molecule has 1 N–H and O–H groups in total. The number of ether oxygens (including phenoxy) is 4. The lowest BCUT2D eigenvalue weighted by Crippen LogP contribution is -2.24. The van der Waals surface area contributed by atoms with E-state index < -0.39 is 18.5 Å². The van der Waals surface area contributed by atoms with Crippen molar-refractivity contribution in [3.05, 3.63) is 48.0 Å². The smallest absolute Gasteiger partial charge is 0.344 e. The summed E-state index contributed by atoms with van der Waals surface area (Å²) in [6, 6.07) is 12.5. The van der Waals surface area contributed by atoms with Crippen LogP contribution in [0.25, 0.3) is 0 Å². The maximum absolute atomic E-state index is 12.0. The van der Waals surface area contributed by atoms with Gasteiger partial charge in [-0.15, -0.1) is 0 Å². The minimum Gasteiger partial charge on any atom is -0.495 e. The molecule has 0 fully saturated rings. The molecule has 150 valence electrons. The molecular weight excluding hydrogens is 362 g/mol. The van der Waals surface area contributed by atoms with Gasteiger partial charge in [0.25, 0.3) is 5.91 Å². The summed E-state index contributed by atoms with van der Waals surface area (Å²) in [4.78, 5) is 23.9. The van der Waals surface area contributed by atoms with Gasteiger partial charge in [0.1, 0.15) is 5.75 Å². The maximum Gasteiger partial charge on any atom is 0.344 e. The molecule has 0 spiro atoms. The van der Waals surface area contributed by atoms with Crippen LogP contribution in [0, 0.1) is 6.92 Å². The molecule has 0 aliphatic carbocycles. The van der Waals surface area contributed by atoms with E-state index in [1.807, 2.05) is 26.0 Å². The number of aryl methyl sites for hydroxylation is 1. The van der Waals surface area contributed by atoms with Gasteiger partial charge in [0, 0.05) is 0 Å². The van der Waals surface area contributed by atoms with Crippen LogP contribution in [0.3, 0.4) is 0 Å². The summed E-state index contributed by atoms with van der Waals surface area (Å²) in [6.07, 6.45) is 0.858. The van der Waals surface area contributed by atoms with Crippen LogP contribution in [0.15, 0.2) is 42.5 Å². The third-order valence-corrected chi connectivity index (χ3v) is 3.65. The first-order valence-corrected chi connectivity index (χ1v) is 8.98. The SMILES string of the molecule is CCCOc1ccccc1OCC(=O)OCC(=O)Nc1cc(C)ccc1OC. The number of amides is 1. The summed E-state index contributed by atoms with van der Waals surface area (Å²) in [5.74, 6) is 0.404. The first kappa shape index (κ1) is 21.1. The standard InChI is InChI=1S/C21H25NO6/c1-4-11-26-18-7-5-6-8-19(18)27-14-21(24)28-13-20(23)22-16-12-15(2)9-10-17(16)25-3/h5-10,12H,4,11,13-14H2,1-3H3,(H,22,23). The molecule has 0 radical (unpaired) electrons. The Balaban J connectivity index is 1.81. The Hall–Kier alpha value is -3.22. The molecule has 2 aromatic carbocycles. The predicted molar refractivity (Wildman–Crippen MR) is 105 cm³/mol. The zero-order valence-corrected chi connectivity index (χ0v) is 16.3. The molecule has 0 aliphatic rings. The van der Waals surface area contributed by atoms with Gasteiger partial charge in [-0.2, -0.15) is 0 Å². The van der Waals surface area contributed by atoms with Crippen molar-refractivity contribution >= 4 is 17.6 Å². The minimum atomic E-state index is -0.656. The molecule has 0 aromatic heterocycles. The third kappa shape index (κ3) is 6.50. The number of rotatable bonds is 10. The fourth-order valence-corrected chi connectivity index (χ4v) is 2.33. The van der Waals surface area contributed by atoms with Crippen molar-refractivity contribution in [1.82, 2.24) is 0 Å². The number of para-hydroxylation sites is 2. The van der Waals surface area contributed by atoms with Crippen LogP contribution in [0.4, 0.5) is 5.69 Å². The van der Waals surface area contributed by atoms with Gasteiger partial charge >= 0.3 is 5.97 Å². The Morgan fingerprint density at radius 1 is 0.964 bits per heavy atom. The van der Waals surface area contributed by atoms with Crippen LogP contribution in [0.2, 0.25) is 0 Å². The molecule has 28 heavy (non-hydrogen) atoms. The first-order chi connectivity index (χ1) is 13.5. The lowest BCUT2D eigenvalue weighted by Gasteiger charge is -2.12. The molecule has 0 bridgehead atoms. The van der Waals surface area contributed by atoms with E-state index in [0.29, 0.717) is 29.5 Å². The largest absolute Gasteiger partial charge is 0.495 e. The number of esters is 1. The topological polar surface area (TPSA) is 83.1 Å². The number of carbonyl (C=O) groups is 2. The van der Waals surface area contributed by atoms with Crippen LogP contribution in [0.1, 0.15) is 18.9 Å². The van der Waals surface area contributed by atoms with E-state index in [0.717, 1.165) is 12.0 Å². The highest BCUT2D eigenvalue weighted by atomic mass is 16.6. The molecule has 0 unspecified atom stereocenters. The zero-order valence-electron chi connectivity index (χ0n) is 16.3. The van der Waals surface area contributed by atoms with Crippen molar-refractivity contribution in [3.8, 4) is 17.2 Å². The lowest BCUT2D eigenvalue weighted by atomic mass is 10.2. The number of hydrogen-bond acceptors (Lipinski definition) is 6. The van der Waals surface area contributed by atoms with Crippen LogP contribution in [-0.4, -0.2) is 38.8 Å². The van der Waals surface area contributed by atoms with Crippen molar-refractivity contribution in [2.75, 3.05) is 32.2 Å². The highest BCUT2D eigenvalue weighted by Gasteiger charge is 2.12. The molecule has 7 heteroatoms. The van der Waals surface area contributed by atoms with Crippen molar-refractivity contribution in [2.45, 2.75) is 20.3 Å². The average molecular weight is 387 g/mol. The summed E-state index contributed by atoms with van der Waals surface area (Å²) in [5, 5.41) is 2.66. The van der Waals surface area contributed by atoms with E-state index in [4.69, 9.17) is 18.9 Å². The van der Waals surface area contributed by atoms with Gasteiger partial charge in [-0.3, -0.25) is 4.79 Å². The predicted octanol–water partition coefficient (Wildman–Crippen LogP) is 3.35. The summed E-state index contributed by atoms with van der Waals surface area (Å²) in [7, 11) is 1.51. The second-order valence-corrected chi connectivity index (χ2v) is 6.00. The Morgan fingerprint density at radius 3 is 2.36 bits per heavy atom.